The van der Waals surface area contributed by atoms with Gasteiger partial charge in [-0.25, -0.2) is 0 Å². The van der Waals surface area contributed by atoms with Crippen molar-refractivity contribution in [3.63, 3.8) is 0 Å². The first-order valence-corrected chi connectivity index (χ1v) is 5.90. The average Bonchev–Trinajstić information content (AvgIpc) is 3.02. The Morgan fingerprint density at radius 3 is 2.85 bits per heavy atom. The lowest BCUT2D eigenvalue weighted by atomic mass is 10.1. The van der Waals surface area contributed by atoms with E-state index in [2.05, 4.69) is 5.10 Å². The van der Waals surface area contributed by atoms with Crippen LogP contribution in [0.15, 0.2) is 34.9 Å². The predicted molar refractivity (Wildman–Crippen MR) is 71.0 cm³/mol. The maximum Gasteiger partial charge on any atom is 0.270 e. The number of aryl methyl sites for hydroxylation is 1. The molecule has 1 N–H and O–H groups in total. The number of aliphatic hydroxyl groups is 1. The number of hydrogen-bond acceptors (Lipinski definition) is 5. The monoisotopic (exact) mass is 273 g/mol. The fourth-order valence-electron chi connectivity index (χ4n) is 2.20. The van der Waals surface area contributed by atoms with Crippen molar-refractivity contribution in [1.29, 1.82) is 0 Å². The van der Waals surface area contributed by atoms with Crippen LogP contribution in [-0.2, 0) is 13.7 Å². The molecule has 102 valence electrons. The minimum absolute atomic E-state index is 0.0287. The molecule has 0 aliphatic rings. The number of rotatable bonds is 3. The van der Waals surface area contributed by atoms with E-state index in [0.29, 0.717) is 28.0 Å². The molecule has 0 atom stereocenters. The van der Waals surface area contributed by atoms with Crippen molar-refractivity contribution in [2.45, 2.75) is 6.61 Å². The first kappa shape index (κ1) is 12.4. The number of non-ortho nitro benzene ring substituents is 1. The minimum atomic E-state index is -0.453. The summed E-state index contributed by atoms with van der Waals surface area (Å²) in [7, 11) is 1.75. The lowest BCUT2D eigenvalue weighted by Gasteiger charge is -2.03. The van der Waals surface area contributed by atoms with E-state index in [1.165, 1.54) is 12.1 Å². The van der Waals surface area contributed by atoms with Gasteiger partial charge in [-0.1, -0.05) is 0 Å². The van der Waals surface area contributed by atoms with E-state index in [9.17, 15) is 10.1 Å². The van der Waals surface area contributed by atoms with E-state index in [-0.39, 0.29) is 12.3 Å². The summed E-state index contributed by atoms with van der Waals surface area (Å²) in [6.45, 7) is -0.257. The molecule has 0 saturated carbocycles. The Balaban J connectivity index is 2.35. The minimum Gasteiger partial charge on any atom is -0.458 e. The van der Waals surface area contributed by atoms with E-state index in [4.69, 9.17) is 9.52 Å². The van der Waals surface area contributed by atoms with Gasteiger partial charge >= 0.3 is 0 Å². The van der Waals surface area contributed by atoms with Gasteiger partial charge in [0.15, 0.2) is 0 Å². The second kappa shape index (κ2) is 4.46. The van der Waals surface area contributed by atoms with Gasteiger partial charge in [0.05, 0.1) is 10.6 Å². The van der Waals surface area contributed by atoms with Gasteiger partial charge in [-0.05, 0) is 12.1 Å². The lowest BCUT2D eigenvalue weighted by Crippen LogP contribution is -1.95. The number of furan rings is 1. The highest BCUT2D eigenvalue weighted by atomic mass is 16.6. The molecule has 7 nitrogen and oxygen atoms in total. The van der Waals surface area contributed by atoms with E-state index in [1.807, 2.05) is 0 Å². The van der Waals surface area contributed by atoms with Gasteiger partial charge in [-0.2, -0.15) is 5.10 Å². The molecule has 0 fully saturated rings. The van der Waals surface area contributed by atoms with Gasteiger partial charge in [0.25, 0.3) is 5.69 Å². The smallest absolute Gasteiger partial charge is 0.270 e. The number of aromatic nitrogens is 2. The first-order chi connectivity index (χ1) is 9.60. The largest absolute Gasteiger partial charge is 0.458 e. The van der Waals surface area contributed by atoms with Crippen molar-refractivity contribution in [3.8, 4) is 11.3 Å². The zero-order valence-electron chi connectivity index (χ0n) is 10.6. The van der Waals surface area contributed by atoms with Gasteiger partial charge in [-0.3, -0.25) is 14.8 Å². The van der Waals surface area contributed by atoms with E-state index in [0.717, 1.165) is 0 Å². The van der Waals surface area contributed by atoms with Crippen molar-refractivity contribution in [2.24, 2.45) is 7.05 Å². The maximum atomic E-state index is 11.0. The number of hydrogen-bond donors (Lipinski definition) is 1. The average molecular weight is 273 g/mol. The molecule has 2 aromatic heterocycles. The van der Waals surface area contributed by atoms with Crippen LogP contribution in [0.5, 0.6) is 0 Å². The highest BCUT2D eigenvalue weighted by Crippen LogP contribution is 2.34. The summed E-state index contributed by atoms with van der Waals surface area (Å²) in [5.41, 5.74) is 1.76. The first-order valence-electron chi connectivity index (χ1n) is 5.90. The Kier molecular flexibility index (Phi) is 2.76. The number of nitrogens with zero attached hydrogens (tertiary/aromatic N) is 3. The van der Waals surface area contributed by atoms with Crippen molar-refractivity contribution in [2.75, 3.05) is 0 Å². The molecule has 2 heterocycles. The molecule has 0 saturated heterocycles. The molecule has 0 unspecified atom stereocenters. The maximum absolute atomic E-state index is 11.0. The zero-order valence-corrected chi connectivity index (χ0v) is 10.6. The third-order valence-corrected chi connectivity index (χ3v) is 3.12. The van der Waals surface area contributed by atoms with E-state index >= 15 is 0 Å². The quantitative estimate of drug-likeness (QED) is 0.583. The van der Waals surface area contributed by atoms with Crippen molar-refractivity contribution >= 4 is 16.7 Å². The second-order valence-electron chi connectivity index (χ2n) is 4.38. The summed E-state index contributed by atoms with van der Waals surface area (Å²) in [6, 6.07) is 6.23. The second-order valence-corrected chi connectivity index (χ2v) is 4.38. The zero-order chi connectivity index (χ0) is 14.3. The van der Waals surface area contributed by atoms with E-state index < -0.39 is 4.92 Å². The third-order valence-electron chi connectivity index (χ3n) is 3.12. The molecular weight excluding hydrogens is 262 g/mol. The van der Waals surface area contributed by atoms with Gasteiger partial charge in [-0.15, -0.1) is 0 Å². The van der Waals surface area contributed by atoms with Crippen LogP contribution in [-0.4, -0.2) is 19.8 Å². The molecule has 0 aliphatic heterocycles. The van der Waals surface area contributed by atoms with Crippen molar-refractivity contribution in [3.05, 3.63) is 46.3 Å². The van der Waals surface area contributed by atoms with Crippen LogP contribution in [0.1, 0.15) is 5.76 Å². The molecule has 0 aliphatic carbocycles. The van der Waals surface area contributed by atoms with Gasteiger partial charge in [0.2, 0.25) is 0 Å². The molecule has 0 amide bonds. The number of aliphatic hydroxyl groups excluding tert-OH is 1. The van der Waals surface area contributed by atoms with Gasteiger partial charge in [0, 0.05) is 36.3 Å². The number of benzene rings is 1. The Bertz CT molecular complexity index is 803. The Morgan fingerprint density at radius 1 is 1.45 bits per heavy atom. The molecular formula is C13H11N3O4. The predicted octanol–water partition coefficient (Wildman–Crippen LogP) is 2.23. The normalized spacial score (nSPS) is 11.1. The fourth-order valence-corrected chi connectivity index (χ4v) is 2.20. The third kappa shape index (κ3) is 1.84. The lowest BCUT2D eigenvalue weighted by molar-refractivity contribution is -0.384. The molecule has 1 aromatic carbocycles. The fraction of sp³-hybridized carbons (Fsp3) is 0.154. The molecule has 3 rings (SSSR count). The van der Waals surface area contributed by atoms with Crippen LogP contribution < -0.4 is 0 Å². The van der Waals surface area contributed by atoms with Crippen LogP contribution >= 0.6 is 0 Å². The van der Waals surface area contributed by atoms with Crippen molar-refractivity contribution < 1.29 is 14.4 Å². The van der Waals surface area contributed by atoms with Gasteiger partial charge < -0.3 is 9.52 Å². The molecule has 0 bridgehead atoms. The van der Waals surface area contributed by atoms with Crippen LogP contribution in [0.3, 0.4) is 0 Å². The highest BCUT2D eigenvalue weighted by molar-refractivity contribution is 5.94. The summed E-state index contributed by atoms with van der Waals surface area (Å²) in [4.78, 5) is 10.6. The molecule has 0 radical (unpaired) electrons. The molecule has 7 heteroatoms. The SMILES string of the molecule is Cn1nccc1-c1cc([N+](=O)[O-])cc2cc(CO)oc12. The number of nitro groups is 1. The standard InChI is InChI=1S/C13H11N3O4/c1-15-12(2-3-14-15)11-6-9(16(18)19)4-8-5-10(7-17)20-13(8)11/h2-6,17H,7H2,1H3. The summed E-state index contributed by atoms with van der Waals surface area (Å²) >= 11 is 0. The Hall–Kier alpha value is -2.67. The molecule has 20 heavy (non-hydrogen) atoms. The van der Waals surface area contributed by atoms with Crippen molar-refractivity contribution in [1.82, 2.24) is 9.78 Å². The molecule has 0 spiro atoms. The summed E-state index contributed by atoms with van der Waals surface area (Å²) in [5, 5.41) is 24.8. The van der Waals surface area contributed by atoms with Crippen LogP contribution in [0.2, 0.25) is 0 Å². The Morgan fingerprint density at radius 2 is 2.25 bits per heavy atom. The summed E-state index contributed by atoms with van der Waals surface area (Å²) in [6.07, 6.45) is 1.61. The molecule has 3 aromatic rings. The summed E-state index contributed by atoms with van der Waals surface area (Å²) < 4.78 is 7.16. The topological polar surface area (TPSA) is 94.3 Å². The van der Waals surface area contributed by atoms with E-state index in [1.54, 1.807) is 30.1 Å². The summed E-state index contributed by atoms with van der Waals surface area (Å²) in [5.74, 6) is 0.365. The van der Waals surface area contributed by atoms with Crippen LogP contribution in [0.25, 0.3) is 22.2 Å². The van der Waals surface area contributed by atoms with Crippen LogP contribution in [0.4, 0.5) is 5.69 Å². The van der Waals surface area contributed by atoms with Crippen LogP contribution in [0, 0.1) is 10.1 Å². The number of nitro benzene ring substituents is 1. The Labute approximate surface area is 113 Å². The van der Waals surface area contributed by atoms with Gasteiger partial charge in [0.1, 0.15) is 18.0 Å². The highest BCUT2D eigenvalue weighted by Gasteiger charge is 2.18. The number of fused-ring (bicyclic) bond motifs is 1.